The van der Waals surface area contributed by atoms with E-state index in [2.05, 4.69) is 16.7 Å². The molecule has 0 fully saturated rings. The van der Waals surface area contributed by atoms with E-state index in [1.807, 2.05) is 37.3 Å². The molecule has 0 saturated heterocycles. The summed E-state index contributed by atoms with van der Waals surface area (Å²) in [6, 6.07) is 17.6. The fraction of sp³-hybridized carbons (Fsp3) is 0.231. The number of aryl methyl sites for hydroxylation is 2. The molecule has 3 N–H and O–H groups in total. The molecule has 4 rings (SSSR count). The van der Waals surface area contributed by atoms with E-state index in [1.165, 1.54) is 11.6 Å². The quantitative estimate of drug-likeness (QED) is 0.461. The number of carbonyl (C=O) groups is 2. The van der Waals surface area contributed by atoms with E-state index >= 15 is 0 Å². The number of fused-ring (bicyclic) bond motifs is 1. The Hall–Kier alpha value is -3.67. The number of anilines is 2. The zero-order valence-electron chi connectivity index (χ0n) is 17.8. The molecule has 1 atom stereocenters. The fourth-order valence-corrected chi connectivity index (χ4v) is 4.23. The molecular weight excluding hydrogens is 407 g/mol. The number of nitrogens with one attached hydrogen (secondary N) is 2. The highest BCUT2D eigenvalue weighted by atomic mass is 19.1. The summed E-state index contributed by atoms with van der Waals surface area (Å²) < 4.78 is 14.7. The summed E-state index contributed by atoms with van der Waals surface area (Å²) in [7, 11) is 0. The van der Waals surface area contributed by atoms with Crippen molar-refractivity contribution in [2.45, 2.75) is 32.6 Å². The Morgan fingerprint density at radius 1 is 1.00 bits per heavy atom. The Morgan fingerprint density at radius 2 is 1.78 bits per heavy atom. The van der Waals surface area contributed by atoms with Crippen molar-refractivity contribution in [3.8, 4) is 11.1 Å². The van der Waals surface area contributed by atoms with E-state index in [0.717, 1.165) is 41.5 Å². The van der Waals surface area contributed by atoms with Crippen LogP contribution in [0.1, 0.15) is 29.5 Å². The number of aliphatic carboxylic acids is 1. The van der Waals surface area contributed by atoms with Gasteiger partial charge in [0.25, 0.3) is 0 Å². The number of rotatable bonds is 5. The first-order chi connectivity index (χ1) is 15.4. The number of hydrogen-bond donors (Lipinski definition) is 3. The molecule has 1 aliphatic carbocycles. The lowest BCUT2D eigenvalue weighted by atomic mass is 9.81. The minimum absolute atomic E-state index is 0.105. The third-order valence-corrected chi connectivity index (χ3v) is 5.83. The molecule has 0 spiro atoms. The maximum absolute atomic E-state index is 14.7. The fourth-order valence-electron chi connectivity index (χ4n) is 4.23. The molecule has 0 heterocycles. The second-order valence-corrected chi connectivity index (χ2v) is 8.33. The van der Waals surface area contributed by atoms with E-state index in [-0.39, 0.29) is 18.0 Å². The van der Waals surface area contributed by atoms with Crippen LogP contribution in [0.3, 0.4) is 0 Å². The first-order valence-electron chi connectivity index (χ1n) is 10.7. The van der Waals surface area contributed by atoms with Crippen LogP contribution in [0, 0.1) is 18.7 Å². The number of carboxylic acids is 1. The van der Waals surface area contributed by atoms with Crippen molar-refractivity contribution >= 4 is 23.4 Å². The van der Waals surface area contributed by atoms with Gasteiger partial charge in [-0.15, -0.1) is 0 Å². The van der Waals surface area contributed by atoms with Crippen LogP contribution in [-0.4, -0.2) is 17.1 Å². The van der Waals surface area contributed by atoms with Crippen molar-refractivity contribution in [3.05, 3.63) is 83.2 Å². The summed E-state index contributed by atoms with van der Waals surface area (Å²) in [6.07, 6.45) is 2.62. The molecule has 0 aliphatic heterocycles. The Bertz CT molecular complexity index is 1180. The third-order valence-electron chi connectivity index (χ3n) is 5.83. The minimum atomic E-state index is -0.758. The number of carboxylic acid groups (broad SMARTS) is 1. The monoisotopic (exact) mass is 432 g/mol. The highest BCUT2D eigenvalue weighted by Crippen LogP contribution is 2.32. The molecule has 0 bridgehead atoms. The molecule has 1 aliphatic rings. The number of benzene rings is 3. The van der Waals surface area contributed by atoms with Gasteiger partial charge in [0.2, 0.25) is 0 Å². The smallest absolute Gasteiger partial charge is 0.323 e. The molecule has 32 heavy (non-hydrogen) atoms. The van der Waals surface area contributed by atoms with E-state index in [4.69, 9.17) is 5.11 Å². The zero-order chi connectivity index (χ0) is 22.7. The normalized spacial score (nSPS) is 15.0. The Balaban J connectivity index is 1.45. The number of hydrogen-bond acceptors (Lipinski definition) is 2. The van der Waals surface area contributed by atoms with Crippen LogP contribution in [0.5, 0.6) is 0 Å². The van der Waals surface area contributed by atoms with Crippen molar-refractivity contribution < 1.29 is 19.1 Å². The average molecular weight is 432 g/mol. The molecule has 2 amide bonds. The highest BCUT2D eigenvalue weighted by molar-refractivity contribution is 6.00. The van der Waals surface area contributed by atoms with Gasteiger partial charge in [-0.3, -0.25) is 4.79 Å². The van der Waals surface area contributed by atoms with Crippen LogP contribution in [0.25, 0.3) is 11.1 Å². The van der Waals surface area contributed by atoms with Crippen LogP contribution in [0.4, 0.5) is 20.6 Å². The maximum Gasteiger partial charge on any atom is 0.323 e. The van der Waals surface area contributed by atoms with Gasteiger partial charge in [-0.1, -0.05) is 36.4 Å². The van der Waals surface area contributed by atoms with E-state index in [0.29, 0.717) is 5.69 Å². The molecule has 5 nitrogen and oxygen atoms in total. The van der Waals surface area contributed by atoms with Gasteiger partial charge in [-0.2, -0.15) is 0 Å². The highest BCUT2D eigenvalue weighted by Gasteiger charge is 2.21. The summed E-state index contributed by atoms with van der Waals surface area (Å²) in [4.78, 5) is 23.2. The number of halogens is 1. The van der Waals surface area contributed by atoms with E-state index in [9.17, 15) is 14.0 Å². The Kier molecular flexibility index (Phi) is 6.21. The van der Waals surface area contributed by atoms with Crippen molar-refractivity contribution in [1.29, 1.82) is 0 Å². The lowest BCUT2D eigenvalue weighted by Crippen LogP contribution is -2.20. The van der Waals surface area contributed by atoms with Crippen molar-refractivity contribution in [1.82, 2.24) is 0 Å². The van der Waals surface area contributed by atoms with Crippen LogP contribution in [-0.2, 0) is 17.6 Å². The third kappa shape index (κ3) is 5.14. The van der Waals surface area contributed by atoms with Crippen LogP contribution >= 0.6 is 0 Å². The van der Waals surface area contributed by atoms with Crippen LogP contribution in [0.2, 0.25) is 0 Å². The maximum atomic E-state index is 14.7. The molecule has 0 aromatic heterocycles. The molecule has 1 unspecified atom stereocenters. The molecule has 0 saturated carbocycles. The molecule has 164 valence electrons. The van der Waals surface area contributed by atoms with E-state index in [1.54, 1.807) is 18.2 Å². The second-order valence-electron chi connectivity index (χ2n) is 8.33. The second kappa shape index (κ2) is 9.22. The number of urea groups is 1. The predicted molar refractivity (Wildman–Crippen MR) is 123 cm³/mol. The van der Waals surface area contributed by atoms with Crippen molar-refractivity contribution in [2.75, 3.05) is 10.6 Å². The molecule has 3 aromatic rings. The number of amides is 2. The summed E-state index contributed by atoms with van der Waals surface area (Å²) in [6.45, 7) is 1.93. The van der Waals surface area contributed by atoms with Gasteiger partial charge >= 0.3 is 12.0 Å². The average Bonchev–Trinajstić information content (AvgIpc) is 2.74. The number of carbonyl (C=O) groups excluding carboxylic acids is 1. The molecule has 3 aromatic carbocycles. The Labute approximate surface area is 186 Å². The predicted octanol–water partition coefficient (Wildman–Crippen LogP) is 6.02. The summed E-state index contributed by atoms with van der Waals surface area (Å²) in [5, 5.41) is 14.3. The lowest BCUT2D eigenvalue weighted by molar-refractivity contribution is -0.138. The van der Waals surface area contributed by atoms with Crippen molar-refractivity contribution in [2.24, 2.45) is 5.92 Å². The zero-order valence-corrected chi connectivity index (χ0v) is 17.8. The van der Waals surface area contributed by atoms with Gasteiger partial charge in [0, 0.05) is 12.1 Å². The molecule has 6 heteroatoms. The topological polar surface area (TPSA) is 78.4 Å². The SMILES string of the molecule is Cc1cccc(NC(=O)Nc2ccc(-c3ccc4c(c3)CCC(CC(=O)O)C4)cc2F)c1. The van der Waals surface area contributed by atoms with Gasteiger partial charge in [0.1, 0.15) is 5.82 Å². The van der Waals surface area contributed by atoms with Crippen LogP contribution in [0.15, 0.2) is 60.7 Å². The largest absolute Gasteiger partial charge is 0.481 e. The molecule has 0 radical (unpaired) electrons. The Morgan fingerprint density at radius 3 is 2.53 bits per heavy atom. The van der Waals surface area contributed by atoms with E-state index < -0.39 is 17.8 Å². The first kappa shape index (κ1) is 21.6. The van der Waals surface area contributed by atoms with Gasteiger partial charge in [-0.25, -0.2) is 9.18 Å². The molecular formula is C26H25FN2O3. The van der Waals surface area contributed by atoms with Crippen LogP contribution < -0.4 is 10.6 Å². The van der Waals surface area contributed by atoms with Crippen molar-refractivity contribution in [3.63, 3.8) is 0 Å². The minimum Gasteiger partial charge on any atom is -0.481 e. The lowest BCUT2D eigenvalue weighted by Gasteiger charge is -2.24. The van der Waals surface area contributed by atoms with Gasteiger partial charge in [0.05, 0.1) is 5.69 Å². The van der Waals surface area contributed by atoms with Gasteiger partial charge in [0.15, 0.2) is 0 Å². The van der Waals surface area contributed by atoms with Gasteiger partial charge < -0.3 is 15.7 Å². The first-order valence-corrected chi connectivity index (χ1v) is 10.7. The standard InChI is InChI=1S/C26H25FN2O3/c1-16-3-2-4-22(11-16)28-26(32)29-24-10-9-21(15-23(24)27)20-8-7-18-12-17(13-25(30)31)5-6-19(18)14-20/h2-4,7-11,14-15,17H,5-6,12-13H2,1H3,(H,30,31)(H2,28,29,32). The van der Waals surface area contributed by atoms with Gasteiger partial charge in [-0.05, 0) is 84.2 Å². The summed E-state index contributed by atoms with van der Waals surface area (Å²) in [5.41, 5.74) is 5.73. The summed E-state index contributed by atoms with van der Waals surface area (Å²) >= 11 is 0. The summed E-state index contributed by atoms with van der Waals surface area (Å²) in [5.74, 6) is -1.10.